The second-order valence-electron chi connectivity index (χ2n) is 7.62. The lowest BCUT2D eigenvalue weighted by atomic mass is 9.97. The number of benzene rings is 3. The molecule has 3 aromatic rings. The zero-order valence-corrected chi connectivity index (χ0v) is 18.5. The molecule has 0 aliphatic heterocycles. The Morgan fingerprint density at radius 2 is 1.94 bits per heavy atom. The maximum Gasteiger partial charge on any atom is 0.163 e. The van der Waals surface area contributed by atoms with Gasteiger partial charge >= 0.3 is 0 Å². The predicted octanol–water partition coefficient (Wildman–Crippen LogP) is 6.40. The molecule has 7 heteroatoms. The second kappa shape index (κ2) is 10.9. The molecule has 0 aliphatic rings. The van der Waals surface area contributed by atoms with E-state index in [2.05, 4.69) is 16.1 Å². The Bertz CT molecular complexity index is 1240. The summed E-state index contributed by atoms with van der Waals surface area (Å²) in [7, 11) is 0. The van der Waals surface area contributed by atoms with Crippen LogP contribution in [0.1, 0.15) is 64.5 Å². The van der Waals surface area contributed by atoms with Crippen LogP contribution in [-0.4, -0.2) is 10.9 Å². The van der Waals surface area contributed by atoms with Crippen LogP contribution in [0.2, 0.25) is 0 Å². The molecule has 0 aromatic heterocycles. The Morgan fingerprint density at radius 1 is 1.18 bits per heavy atom. The lowest BCUT2D eigenvalue weighted by Crippen LogP contribution is -2.03. The van der Waals surface area contributed by atoms with Crippen LogP contribution in [0.5, 0.6) is 11.5 Å². The largest absolute Gasteiger partial charge is 0.507 e. The number of aromatic hydroxyl groups is 1. The summed E-state index contributed by atoms with van der Waals surface area (Å²) in [6.45, 7) is 3.69. The fourth-order valence-corrected chi connectivity index (χ4v) is 3.64. The first-order valence-electron chi connectivity index (χ1n) is 10.6. The summed E-state index contributed by atoms with van der Waals surface area (Å²) >= 11 is 0. The quantitative estimate of drug-likeness (QED) is 0.179. The summed E-state index contributed by atoms with van der Waals surface area (Å²) in [5.74, 6) is 0.333. The van der Waals surface area contributed by atoms with Gasteiger partial charge in [-0.05, 0) is 59.8 Å². The maximum absolute atomic E-state index is 11.7. The van der Waals surface area contributed by atoms with Crippen molar-refractivity contribution in [3.63, 3.8) is 0 Å². The van der Waals surface area contributed by atoms with E-state index in [0.717, 1.165) is 23.1 Å². The molecule has 0 amide bonds. The summed E-state index contributed by atoms with van der Waals surface area (Å²) in [4.78, 5) is 14.7. The van der Waals surface area contributed by atoms with E-state index in [9.17, 15) is 9.90 Å². The number of ketones is 1. The van der Waals surface area contributed by atoms with Gasteiger partial charge in [0.25, 0.3) is 0 Å². The van der Waals surface area contributed by atoms with Crippen LogP contribution in [0, 0.1) is 11.3 Å². The highest BCUT2D eigenvalue weighted by Gasteiger charge is 2.16. The second-order valence-corrected chi connectivity index (χ2v) is 7.62. The minimum atomic E-state index is -0.550. The Labute approximate surface area is 192 Å². The third-order valence-electron chi connectivity index (χ3n) is 5.31. The summed E-state index contributed by atoms with van der Waals surface area (Å²) < 4.78 is 5.96. The first-order valence-corrected chi connectivity index (χ1v) is 10.6. The number of rotatable bonds is 9. The summed E-state index contributed by atoms with van der Waals surface area (Å²) in [6, 6.07) is 19.3. The van der Waals surface area contributed by atoms with Crippen molar-refractivity contribution in [2.45, 2.75) is 39.3 Å². The molecule has 7 nitrogen and oxygen atoms in total. The maximum atomic E-state index is 11.7. The number of carbonyl (C=O) groups excluding carboxylic acids is 1. The number of Topliss-reactive ketones (excluding diaryl/α,β-unsaturated/α-hetero) is 1. The van der Waals surface area contributed by atoms with Crippen LogP contribution in [0.4, 0.5) is 0 Å². The van der Waals surface area contributed by atoms with Crippen molar-refractivity contribution < 1.29 is 14.6 Å². The van der Waals surface area contributed by atoms with Crippen molar-refractivity contribution in [3.05, 3.63) is 104 Å². The van der Waals surface area contributed by atoms with Gasteiger partial charge in [0.15, 0.2) is 5.78 Å². The van der Waals surface area contributed by atoms with Gasteiger partial charge in [-0.2, -0.15) is 5.26 Å². The lowest BCUT2D eigenvalue weighted by molar-refractivity contribution is 0.101. The molecule has 0 saturated carbocycles. The first-order chi connectivity index (χ1) is 16.0. The molecule has 1 unspecified atom stereocenters. The molecular formula is C26H24N4O3. The molecule has 3 rings (SSSR count). The van der Waals surface area contributed by atoms with Crippen LogP contribution in [0.15, 0.2) is 65.8 Å². The van der Waals surface area contributed by atoms with E-state index in [0.29, 0.717) is 28.9 Å². The monoisotopic (exact) mass is 440 g/mol. The van der Waals surface area contributed by atoms with Crippen LogP contribution < -0.4 is 4.74 Å². The summed E-state index contributed by atoms with van der Waals surface area (Å²) in [5, 5.41) is 23.6. The Kier molecular flexibility index (Phi) is 7.69. The fourth-order valence-electron chi connectivity index (χ4n) is 3.64. The van der Waals surface area contributed by atoms with E-state index < -0.39 is 6.04 Å². The smallest absolute Gasteiger partial charge is 0.163 e. The van der Waals surface area contributed by atoms with E-state index in [1.807, 2.05) is 37.3 Å². The Hall–Kier alpha value is -4.27. The molecule has 1 atom stereocenters. The van der Waals surface area contributed by atoms with Gasteiger partial charge in [-0.1, -0.05) is 54.9 Å². The van der Waals surface area contributed by atoms with Crippen LogP contribution in [0.25, 0.3) is 10.4 Å². The molecule has 0 fully saturated rings. The molecule has 0 aliphatic carbocycles. The van der Waals surface area contributed by atoms with Gasteiger partial charge in [0, 0.05) is 10.5 Å². The highest BCUT2D eigenvalue weighted by atomic mass is 16.5. The average molecular weight is 441 g/mol. The van der Waals surface area contributed by atoms with Gasteiger partial charge in [-0.25, -0.2) is 0 Å². The molecule has 0 bridgehead atoms. The molecule has 0 spiro atoms. The van der Waals surface area contributed by atoms with Crippen molar-refractivity contribution in [3.8, 4) is 17.6 Å². The van der Waals surface area contributed by atoms with E-state index in [1.165, 1.54) is 6.92 Å². The van der Waals surface area contributed by atoms with Gasteiger partial charge in [0.1, 0.15) is 18.1 Å². The number of nitriles is 1. The van der Waals surface area contributed by atoms with Crippen LogP contribution >= 0.6 is 0 Å². The number of hydrogen-bond acceptors (Lipinski definition) is 5. The number of hydrogen-bond donors (Lipinski definition) is 1. The number of nitrogens with zero attached hydrogens (tertiary/aromatic N) is 4. The van der Waals surface area contributed by atoms with Crippen molar-refractivity contribution in [1.29, 1.82) is 5.26 Å². The number of azide groups is 1. The predicted molar refractivity (Wildman–Crippen MR) is 125 cm³/mol. The van der Waals surface area contributed by atoms with Gasteiger partial charge in [0.2, 0.25) is 0 Å². The zero-order valence-electron chi connectivity index (χ0n) is 18.5. The zero-order chi connectivity index (χ0) is 23.8. The normalized spacial score (nSPS) is 11.2. The molecule has 33 heavy (non-hydrogen) atoms. The Morgan fingerprint density at radius 3 is 2.58 bits per heavy atom. The average Bonchev–Trinajstić information content (AvgIpc) is 2.83. The lowest BCUT2D eigenvalue weighted by Gasteiger charge is -2.16. The number of phenolic OH excluding ortho intramolecular Hbond substituents is 1. The summed E-state index contributed by atoms with van der Waals surface area (Å²) in [5.41, 5.74) is 12.9. The van der Waals surface area contributed by atoms with Crippen molar-refractivity contribution in [2.75, 3.05) is 0 Å². The van der Waals surface area contributed by atoms with Crippen molar-refractivity contribution in [1.82, 2.24) is 0 Å². The van der Waals surface area contributed by atoms with Crippen molar-refractivity contribution in [2.24, 2.45) is 5.11 Å². The first kappa shape index (κ1) is 23.4. The van der Waals surface area contributed by atoms with E-state index in [1.54, 1.807) is 30.3 Å². The van der Waals surface area contributed by atoms with Gasteiger partial charge in [-0.15, -0.1) is 0 Å². The van der Waals surface area contributed by atoms with Crippen LogP contribution in [0.3, 0.4) is 0 Å². The topological polar surface area (TPSA) is 119 Å². The third-order valence-corrected chi connectivity index (χ3v) is 5.31. The molecule has 0 saturated heterocycles. The number of carbonyl (C=O) groups is 1. The van der Waals surface area contributed by atoms with Crippen LogP contribution in [-0.2, 0) is 13.0 Å². The molecule has 1 N–H and O–H groups in total. The number of phenols is 1. The fraction of sp³-hybridized carbons (Fsp3) is 0.231. The van der Waals surface area contributed by atoms with E-state index in [4.69, 9.17) is 15.5 Å². The molecule has 0 heterocycles. The minimum absolute atomic E-state index is 0.0194. The van der Waals surface area contributed by atoms with Gasteiger partial charge in [0.05, 0.1) is 23.2 Å². The molecule has 166 valence electrons. The van der Waals surface area contributed by atoms with Crippen molar-refractivity contribution >= 4 is 5.78 Å². The minimum Gasteiger partial charge on any atom is -0.507 e. The molecule has 3 aromatic carbocycles. The highest BCUT2D eigenvalue weighted by Crippen LogP contribution is 2.33. The SMILES string of the molecule is CCCc1c(OCc2ccc(C(N=[N+]=[N-])c3cccc(C#N)c3)cc2)ccc(C(C)=O)c1O. The third kappa shape index (κ3) is 5.51. The highest BCUT2D eigenvalue weighted by molar-refractivity contribution is 5.97. The van der Waals surface area contributed by atoms with Gasteiger partial charge < -0.3 is 9.84 Å². The standard InChI is InChI=1S/C26H24N4O3/c1-3-5-23-24(13-12-22(17(2)31)26(23)32)33-16-18-8-10-20(11-9-18)25(29-30-28)21-7-4-6-19(14-21)15-27/h4,6-14,25,32H,3,5,16H2,1-2H3. The molecular weight excluding hydrogens is 416 g/mol. The number of ether oxygens (including phenoxy) is 1. The Balaban J connectivity index is 1.81. The van der Waals surface area contributed by atoms with Gasteiger partial charge in [-0.3, -0.25) is 4.79 Å². The summed E-state index contributed by atoms with van der Waals surface area (Å²) in [6.07, 6.45) is 1.39. The molecule has 0 radical (unpaired) electrons. The van der Waals surface area contributed by atoms with E-state index in [-0.39, 0.29) is 18.1 Å². The van der Waals surface area contributed by atoms with E-state index >= 15 is 0 Å².